The largest absolute Gasteiger partial charge is 0.497 e. The molecule has 174 valence electrons. The van der Waals surface area contributed by atoms with Crippen molar-refractivity contribution in [3.05, 3.63) is 75.9 Å². The number of ether oxygens (including phenoxy) is 1. The third-order valence-electron chi connectivity index (χ3n) is 4.83. The normalized spacial score (nSPS) is 10.8. The number of hydrogen-bond acceptors (Lipinski definition) is 7. The number of thioether (sulfide) groups is 1. The first kappa shape index (κ1) is 23.5. The number of anilines is 2. The number of nitrogens with one attached hydrogen (secondary N) is 2. The van der Waals surface area contributed by atoms with Crippen molar-refractivity contribution in [3.8, 4) is 5.75 Å². The Bertz CT molecular complexity index is 1400. The summed E-state index contributed by atoms with van der Waals surface area (Å²) in [5.74, 6) is 0.384. The molecule has 0 bridgehead atoms. The van der Waals surface area contributed by atoms with Crippen molar-refractivity contribution >= 4 is 56.5 Å². The molecular weight excluding hydrogens is 472 g/mol. The zero-order chi connectivity index (χ0) is 24.1. The summed E-state index contributed by atoms with van der Waals surface area (Å²) in [4.78, 5) is 41.5. The maximum atomic E-state index is 13.2. The summed E-state index contributed by atoms with van der Waals surface area (Å²) < 4.78 is 7.46. The van der Waals surface area contributed by atoms with Gasteiger partial charge in [-0.25, -0.2) is 4.98 Å². The van der Waals surface area contributed by atoms with E-state index in [0.29, 0.717) is 39.0 Å². The molecule has 0 aliphatic carbocycles. The van der Waals surface area contributed by atoms with Crippen LogP contribution in [0.5, 0.6) is 5.75 Å². The molecule has 0 atom stereocenters. The zero-order valence-electron chi connectivity index (χ0n) is 18.5. The van der Waals surface area contributed by atoms with Crippen molar-refractivity contribution in [2.45, 2.75) is 18.6 Å². The van der Waals surface area contributed by atoms with Crippen LogP contribution in [0.1, 0.15) is 12.5 Å². The van der Waals surface area contributed by atoms with E-state index in [0.717, 1.165) is 5.56 Å². The molecule has 2 heterocycles. The van der Waals surface area contributed by atoms with E-state index in [1.165, 1.54) is 30.0 Å². The van der Waals surface area contributed by atoms with Gasteiger partial charge in [-0.05, 0) is 53.4 Å². The lowest BCUT2D eigenvalue weighted by molar-refractivity contribution is -0.114. The molecule has 8 nitrogen and oxygen atoms in total. The van der Waals surface area contributed by atoms with Gasteiger partial charge in [0, 0.05) is 18.3 Å². The van der Waals surface area contributed by atoms with Gasteiger partial charge in [0.15, 0.2) is 5.16 Å². The van der Waals surface area contributed by atoms with Crippen LogP contribution in [0, 0.1) is 0 Å². The molecule has 4 aromatic rings. The summed E-state index contributed by atoms with van der Waals surface area (Å²) in [6.07, 6.45) is 0. The summed E-state index contributed by atoms with van der Waals surface area (Å²) in [6, 6.07) is 16.1. The average Bonchev–Trinajstić information content (AvgIpc) is 3.30. The fourth-order valence-electron chi connectivity index (χ4n) is 3.29. The zero-order valence-corrected chi connectivity index (χ0v) is 20.2. The Morgan fingerprint density at radius 3 is 2.53 bits per heavy atom. The van der Waals surface area contributed by atoms with Crippen LogP contribution in [0.25, 0.3) is 10.2 Å². The highest BCUT2D eigenvalue weighted by atomic mass is 32.2. The lowest BCUT2D eigenvalue weighted by atomic mass is 10.2. The number of thiophene rings is 1. The van der Waals surface area contributed by atoms with Gasteiger partial charge in [-0.15, -0.1) is 11.3 Å². The van der Waals surface area contributed by atoms with Crippen molar-refractivity contribution in [3.63, 3.8) is 0 Å². The Hall–Kier alpha value is -3.63. The van der Waals surface area contributed by atoms with Gasteiger partial charge in [0.1, 0.15) is 10.4 Å². The van der Waals surface area contributed by atoms with Crippen LogP contribution >= 0.6 is 23.1 Å². The summed E-state index contributed by atoms with van der Waals surface area (Å²) in [7, 11) is 1.60. The molecule has 4 rings (SSSR count). The minimum Gasteiger partial charge on any atom is -0.497 e. The van der Waals surface area contributed by atoms with Gasteiger partial charge in [-0.1, -0.05) is 23.9 Å². The van der Waals surface area contributed by atoms with Gasteiger partial charge in [0.05, 0.1) is 24.9 Å². The van der Waals surface area contributed by atoms with Crippen LogP contribution in [0.2, 0.25) is 0 Å². The van der Waals surface area contributed by atoms with Crippen LogP contribution in [-0.2, 0) is 16.1 Å². The van der Waals surface area contributed by atoms with Crippen molar-refractivity contribution in [2.24, 2.45) is 0 Å². The minimum atomic E-state index is -0.232. The molecule has 0 spiro atoms. The fraction of sp³-hybridized carbons (Fsp3) is 0.167. The maximum absolute atomic E-state index is 13.2. The molecule has 2 N–H and O–H groups in total. The molecule has 0 saturated heterocycles. The standard InChI is InChI=1S/C24H22N4O4S2/c1-15(29)25-17-6-8-18(9-7-17)26-21(30)14-34-24-27-20-10-11-33-22(20)23(31)28(24)13-16-4-3-5-19(12-16)32-2/h3-12H,13-14H2,1-2H3,(H,25,29)(H,26,30). The average molecular weight is 495 g/mol. The van der Waals surface area contributed by atoms with Crippen LogP contribution in [0.15, 0.2) is 69.9 Å². The molecule has 0 saturated carbocycles. The third-order valence-corrected chi connectivity index (χ3v) is 6.70. The van der Waals surface area contributed by atoms with Gasteiger partial charge in [-0.3, -0.25) is 19.0 Å². The van der Waals surface area contributed by atoms with Crippen molar-refractivity contribution in [1.82, 2.24) is 9.55 Å². The van der Waals surface area contributed by atoms with Crippen LogP contribution in [-0.4, -0.2) is 34.2 Å². The quantitative estimate of drug-likeness (QED) is 0.281. The molecule has 34 heavy (non-hydrogen) atoms. The molecule has 0 radical (unpaired) electrons. The maximum Gasteiger partial charge on any atom is 0.272 e. The minimum absolute atomic E-state index is 0.0770. The summed E-state index contributed by atoms with van der Waals surface area (Å²) in [5, 5.41) is 7.80. The van der Waals surface area contributed by atoms with E-state index >= 15 is 0 Å². The van der Waals surface area contributed by atoms with E-state index in [9.17, 15) is 14.4 Å². The van der Waals surface area contributed by atoms with Crippen molar-refractivity contribution in [1.29, 1.82) is 0 Å². The van der Waals surface area contributed by atoms with Crippen molar-refractivity contribution in [2.75, 3.05) is 23.5 Å². The lowest BCUT2D eigenvalue weighted by Crippen LogP contribution is -2.24. The number of carbonyl (C=O) groups excluding carboxylic acids is 2. The fourth-order valence-corrected chi connectivity index (χ4v) is 4.87. The summed E-state index contributed by atoms with van der Waals surface area (Å²) >= 11 is 2.55. The molecule has 0 unspecified atom stereocenters. The van der Waals surface area contributed by atoms with E-state index in [4.69, 9.17) is 4.74 Å². The SMILES string of the molecule is COc1cccc(Cn2c(SCC(=O)Nc3ccc(NC(C)=O)cc3)nc3ccsc3c2=O)c1. The number of aromatic nitrogens is 2. The molecule has 10 heteroatoms. The van der Waals surface area contributed by atoms with E-state index in [1.807, 2.05) is 29.6 Å². The van der Waals surface area contributed by atoms with Gasteiger partial charge in [0.25, 0.3) is 5.56 Å². The number of benzene rings is 2. The van der Waals surface area contributed by atoms with E-state index < -0.39 is 0 Å². The number of carbonyl (C=O) groups is 2. The van der Waals surface area contributed by atoms with Crippen molar-refractivity contribution < 1.29 is 14.3 Å². The third kappa shape index (κ3) is 5.64. The van der Waals surface area contributed by atoms with Gasteiger partial charge >= 0.3 is 0 Å². The molecule has 2 aromatic carbocycles. The molecule has 0 fully saturated rings. The van der Waals surface area contributed by atoms with Crippen LogP contribution in [0.3, 0.4) is 0 Å². The first-order valence-corrected chi connectivity index (χ1v) is 12.2. The second-order valence-electron chi connectivity index (χ2n) is 7.37. The smallest absolute Gasteiger partial charge is 0.272 e. The van der Waals surface area contributed by atoms with Gasteiger partial charge < -0.3 is 15.4 Å². The predicted molar refractivity (Wildman–Crippen MR) is 136 cm³/mol. The Kier molecular flexibility index (Phi) is 7.29. The molecule has 2 amide bonds. The lowest BCUT2D eigenvalue weighted by Gasteiger charge is -2.13. The number of amides is 2. The number of hydrogen-bond donors (Lipinski definition) is 2. The highest BCUT2D eigenvalue weighted by Crippen LogP contribution is 2.23. The number of methoxy groups -OCH3 is 1. The first-order chi connectivity index (χ1) is 16.4. The number of fused-ring (bicyclic) bond motifs is 1. The van der Waals surface area contributed by atoms with E-state index in [-0.39, 0.29) is 23.1 Å². The molecule has 0 aliphatic rings. The monoisotopic (exact) mass is 494 g/mol. The first-order valence-electron chi connectivity index (χ1n) is 10.3. The predicted octanol–water partition coefficient (Wildman–Crippen LogP) is 4.20. The topological polar surface area (TPSA) is 102 Å². The molecule has 0 aliphatic heterocycles. The highest BCUT2D eigenvalue weighted by Gasteiger charge is 2.15. The number of nitrogens with zero attached hydrogens (tertiary/aromatic N) is 2. The Labute approximate surface area is 204 Å². The van der Waals surface area contributed by atoms with Gasteiger partial charge in [-0.2, -0.15) is 0 Å². The molecule has 2 aromatic heterocycles. The van der Waals surface area contributed by atoms with Gasteiger partial charge in [0.2, 0.25) is 11.8 Å². The Morgan fingerprint density at radius 1 is 1.09 bits per heavy atom. The summed E-state index contributed by atoms with van der Waals surface area (Å²) in [5.41, 5.74) is 2.63. The molecular formula is C24H22N4O4S2. The van der Waals surface area contributed by atoms with Crippen LogP contribution < -0.4 is 20.9 Å². The number of rotatable bonds is 8. The second kappa shape index (κ2) is 10.5. The Balaban J connectivity index is 1.51. The second-order valence-corrected chi connectivity index (χ2v) is 9.23. The van der Waals surface area contributed by atoms with Crippen LogP contribution in [0.4, 0.5) is 11.4 Å². The highest BCUT2D eigenvalue weighted by molar-refractivity contribution is 7.99. The Morgan fingerprint density at radius 2 is 1.82 bits per heavy atom. The van der Waals surface area contributed by atoms with E-state index in [1.54, 1.807) is 42.0 Å². The summed E-state index contributed by atoms with van der Waals surface area (Å²) in [6.45, 7) is 1.74. The van der Waals surface area contributed by atoms with E-state index in [2.05, 4.69) is 15.6 Å².